The fourth-order valence-corrected chi connectivity index (χ4v) is 1.37. The van der Waals surface area contributed by atoms with Crippen molar-refractivity contribution < 1.29 is 9.53 Å². The Labute approximate surface area is 86.8 Å². The summed E-state index contributed by atoms with van der Waals surface area (Å²) in [5.74, 6) is -0.0425. The van der Waals surface area contributed by atoms with Crippen LogP contribution < -0.4 is 5.32 Å². The Morgan fingerprint density at radius 1 is 1.40 bits per heavy atom. The zero-order valence-corrected chi connectivity index (χ0v) is 7.81. The number of allylic oxidation sites excluding steroid dienone is 1. The van der Waals surface area contributed by atoms with Crippen LogP contribution in [-0.2, 0) is 9.53 Å². The molecule has 4 heteroatoms. The summed E-state index contributed by atoms with van der Waals surface area (Å²) in [5.41, 5.74) is 0.774. The fraction of sp³-hybridized carbons (Fsp3) is 0.0909. The number of ether oxygens (including phenoxy) is 1. The quantitative estimate of drug-likeness (QED) is 0.694. The molecule has 0 aliphatic carbocycles. The van der Waals surface area contributed by atoms with Gasteiger partial charge in [-0.15, -0.1) is 0 Å². The minimum absolute atomic E-state index is 0.205. The van der Waals surface area contributed by atoms with E-state index >= 15 is 0 Å². The number of nitriles is 1. The summed E-state index contributed by atoms with van der Waals surface area (Å²) in [6, 6.07) is 10.9. The van der Waals surface area contributed by atoms with Crippen LogP contribution in [0.5, 0.6) is 0 Å². The highest BCUT2D eigenvalue weighted by atomic mass is 16.5. The Balaban J connectivity index is 2.24. The van der Waals surface area contributed by atoms with Crippen LogP contribution in [0.2, 0.25) is 0 Å². The Kier molecular flexibility index (Phi) is 2.38. The van der Waals surface area contributed by atoms with Gasteiger partial charge < -0.3 is 4.74 Å². The van der Waals surface area contributed by atoms with Gasteiger partial charge in [-0.05, 0) is 0 Å². The molecule has 0 spiro atoms. The van der Waals surface area contributed by atoms with Crippen molar-refractivity contribution in [2.24, 2.45) is 0 Å². The number of carbonyl (C=O) groups excluding carboxylic acids is 1. The molecule has 1 aromatic carbocycles. The van der Waals surface area contributed by atoms with Crippen LogP contribution in [0.3, 0.4) is 0 Å². The maximum absolute atomic E-state index is 11.5. The van der Waals surface area contributed by atoms with Crippen LogP contribution in [0, 0.1) is 11.3 Å². The van der Waals surface area contributed by atoms with E-state index in [1.165, 1.54) is 6.08 Å². The Hall–Kier alpha value is -2.28. The van der Waals surface area contributed by atoms with Gasteiger partial charge in [0.1, 0.15) is 0 Å². The molecule has 1 aliphatic heterocycles. The average molecular weight is 200 g/mol. The predicted octanol–water partition coefficient (Wildman–Crippen LogP) is 1.24. The molecule has 1 fully saturated rings. The normalized spacial score (nSPS) is 21.9. The van der Waals surface area contributed by atoms with E-state index in [-0.39, 0.29) is 11.8 Å². The molecule has 1 heterocycles. The molecule has 1 amide bonds. The van der Waals surface area contributed by atoms with E-state index in [1.54, 1.807) is 18.2 Å². The Morgan fingerprint density at radius 2 is 2.13 bits per heavy atom. The van der Waals surface area contributed by atoms with E-state index in [1.807, 2.05) is 18.2 Å². The van der Waals surface area contributed by atoms with Crippen LogP contribution in [-0.4, -0.2) is 5.91 Å². The molecule has 0 saturated carbocycles. The molecule has 15 heavy (non-hydrogen) atoms. The van der Waals surface area contributed by atoms with Gasteiger partial charge in [0, 0.05) is 5.56 Å². The topological polar surface area (TPSA) is 62.1 Å². The van der Waals surface area contributed by atoms with Crippen molar-refractivity contribution in [3.63, 3.8) is 0 Å². The van der Waals surface area contributed by atoms with Gasteiger partial charge in [0.15, 0.2) is 0 Å². The van der Waals surface area contributed by atoms with Crippen LogP contribution >= 0.6 is 0 Å². The number of hydrogen-bond acceptors (Lipinski definition) is 3. The molecule has 1 atom stereocenters. The fourth-order valence-electron chi connectivity index (χ4n) is 1.37. The van der Waals surface area contributed by atoms with E-state index in [9.17, 15) is 4.79 Å². The summed E-state index contributed by atoms with van der Waals surface area (Å²) in [6.45, 7) is 0. The number of benzene rings is 1. The molecule has 1 unspecified atom stereocenters. The summed E-state index contributed by atoms with van der Waals surface area (Å²) in [4.78, 5) is 11.5. The SMILES string of the molecule is N#C/C=C1\NC(=O)C(c2ccccc2)O1. The molecule has 1 N–H and O–H groups in total. The Bertz CT molecular complexity index is 445. The van der Waals surface area contributed by atoms with Crippen LogP contribution in [0.1, 0.15) is 11.7 Å². The van der Waals surface area contributed by atoms with Crippen LogP contribution in [0.4, 0.5) is 0 Å². The van der Waals surface area contributed by atoms with Gasteiger partial charge in [-0.2, -0.15) is 5.26 Å². The Morgan fingerprint density at radius 3 is 2.80 bits per heavy atom. The van der Waals surface area contributed by atoms with Crippen molar-refractivity contribution in [1.29, 1.82) is 5.26 Å². The van der Waals surface area contributed by atoms with Crippen molar-refractivity contribution in [2.75, 3.05) is 0 Å². The number of hydrogen-bond donors (Lipinski definition) is 1. The van der Waals surface area contributed by atoms with Crippen molar-refractivity contribution in [2.45, 2.75) is 6.10 Å². The first-order valence-electron chi connectivity index (χ1n) is 4.43. The predicted molar refractivity (Wildman–Crippen MR) is 52.1 cm³/mol. The zero-order valence-electron chi connectivity index (χ0n) is 7.81. The van der Waals surface area contributed by atoms with Crippen molar-refractivity contribution in [1.82, 2.24) is 5.32 Å². The first-order chi connectivity index (χ1) is 7.31. The molecular weight excluding hydrogens is 192 g/mol. The lowest BCUT2D eigenvalue weighted by Crippen LogP contribution is -2.17. The molecule has 1 aromatic rings. The number of carbonyl (C=O) groups is 1. The summed E-state index contributed by atoms with van der Waals surface area (Å²) in [6.07, 6.45) is 0.520. The highest BCUT2D eigenvalue weighted by molar-refractivity contribution is 5.85. The molecule has 0 aromatic heterocycles. The van der Waals surface area contributed by atoms with Crippen LogP contribution in [0.25, 0.3) is 0 Å². The molecule has 0 radical (unpaired) electrons. The minimum Gasteiger partial charge on any atom is -0.460 e. The average Bonchev–Trinajstić information content (AvgIpc) is 2.61. The number of nitrogens with zero attached hydrogens (tertiary/aromatic N) is 1. The lowest BCUT2D eigenvalue weighted by atomic mass is 10.1. The van der Waals surface area contributed by atoms with E-state index in [0.717, 1.165) is 5.56 Å². The summed E-state index contributed by atoms with van der Waals surface area (Å²) < 4.78 is 5.28. The van der Waals surface area contributed by atoms with E-state index in [4.69, 9.17) is 10.00 Å². The van der Waals surface area contributed by atoms with Gasteiger partial charge in [-0.3, -0.25) is 10.1 Å². The maximum Gasteiger partial charge on any atom is 0.272 e. The number of amides is 1. The summed E-state index contributed by atoms with van der Waals surface area (Å²) in [5, 5.41) is 10.9. The highest BCUT2D eigenvalue weighted by Crippen LogP contribution is 2.24. The molecule has 4 nitrogen and oxygen atoms in total. The summed E-state index contributed by atoms with van der Waals surface area (Å²) >= 11 is 0. The standard InChI is InChI=1S/C11H8N2O2/c12-7-6-9-13-11(14)10(15-9)8-4-2-1-3-5-8/h1-6,10H,(H,13,14)/b9-6+. The second-order valence-corrected chi connectivity index (χ2v) is 3.04. The largest absolute Gasteiger partial charge is 0.460 e. The minimum atomic E-state index is -0.647. The smallest absolute Gasteiger partial charge is 0.272 e. The maximum atomic E-state index is 11.5. The second kappa shape index (κ2) is 3.84. The van der Waals surface area contributed by atoms with Crippen molar-refractivity contribution >= 4 is 5.91 Å². The third kappa shape index (κ3) is 1.81. The molecule has 1 saturated heterocycles. The van der Waals surface area contributed by atoms with E-state index in [2.05, 4.69) is 5.32 Å². The molecule has 1 aliphatic rings. The van der Waals surface area contributed by atoms with Gasteiger partial charge in [-0.1, -0.05) is 30.3 Å². The first-order valence-corrected chi connectivity index (χ1v) is 4.43. The van der Waals surface area contributed by atoms with Gasteiger partial charge in [0.2, 0.25) is 12.0 Å². The van der Waals surface area contributed by atoms with Gasteiger partial charge in [0.25, 0.3) is 5.91 Å². The van der Waals surface area contributed by atoms with Gasteiger partial charge >= 0.3 is 0 Å². The number of rotatable bonds is 1. The second-order valence-electron chi connectivity index (χ2n) is 3.04. The zero-order chi connectivity index (χ0) is 10.7. The first kappa shape index (κ1) is 9.28. The third-order valence-corrected chi connectivity index (χ3v) is 2.03. The molecule has 74 valence electrons. The highest BCUT2D eigenvalue weighted by Gasteiger charge is 2.30. The summed E-state index contributed by atoms with van der Waals surface area (Å²) in [7, 11) is 0. The molecule has 0 bridgehead atoms. The third-order valence-electron chi connectivity index (χ3n) is 2.03. The van der Waals surface area contributed by atoms with Crippen LogP contribution in [0.15, 0.2) is 42.3 Å². The van der Waals surface area contributed by atoms with Crippen molar-refractivity contribution in [3.8, 4) is 6.07 Å². The lowest BCUT2D eigenvalue weighted by Gasteiger charge is -2.06. The molecular formula is C11H8N2O2. The monoisotopic (exact) mass is 200 g/mol. The van der Waals surface area contributed by atoms with Gasteiger partial charge in [-0.25, -0.2) is 0 Å². The van der Waals surface area contributed by atoms with E-state index in [0.29, 0.717) is 0 Å². The van der Waals surface area contributed by atoms with Gasteiger partial charge in [0.05, 0.1) is 12.1 Å². The van der Waals surface area contributed by atoms with E-state index < -0.39 is 6.10 Å². The lowest BCUT2D eigenvalue weighted by molar-refractivity contribution is -0.123. The van der Waals surface area contributed by atoms with Crippen molar-refractivity contribution in [3.05, 3.63) is 47.9 Å². The number of nitrogens with one attached hydrogen (secondary N) is 1. The molecule has 2 rings (SSSR count).